The van der Waals surface area contributed by atoms with Gasteiger partial charge in [0.05, 0.1) is 12.0 Å². The highest BCUT2D eigenvalue weighted by Gasteiger charge is 2.20. The summed E-state index contributed by atoms with van der Waals surface area (Å²) >= 11 is 1.85. The van der Waals surface area contributed by atoms with E-state index in [0.717, 1.165) is 49.1 Å². The van der Waals surface area contributed by atoms with Crippen LogP contribution in [0.4, 0.5) is 5.82 Å². The molecule has 2 N–H and O–H groups in total. The summed E-state index contributed by atoms with van der Waals surface area (Å²) in [5.41, 5.74) is 1.47. The molecule has 0 spiro atoms. The number of likely N-dealkylation sites (N-methyl/N-ethyl adjacent to an activating group) is 1. The van der Waals surface area contributed by atoms with Crippen LogP contribution in [0.25, 0.3) is 10.2 Å². The number of nitrogens with zero attached hydrogens (tertiary/aromatic N) is 3. The molecule has 5 nitrogen and oxygen atoms in total. The molecule has 0 aliphatic heterocycles. The van der Waals surface area contributed by atoms with Gasteiger partial charge in [0.2, 0.25) is 0 Å². The van der Waals surface area contributed by atoms with Gasteiger partial charge in [-0.05, 0) is 44.7 Å². The van der Waals surface area contributed by atoms with Crippen LogP contribution in [0, 0.1) is 6.92 Å². The number of nitrogens with one attached hydrogen (secondary N) is 1. The van der Waals surface area contributed by atoms with E-state index < -0.39 is 0 Å². The van der Waals surface area contributed by atoms with Crippen molar-refractivity contribution in [1.82, 2.24) is 14.9 Å². The fraction of sp³-hybridized carbons (Fsp3) is 0.647. The molecule has 126 valence electrons. The summed E-state index contributed by atoms with van der Waals surface area (Å²) in [5, 5.41) is 13.9. The van der Waals surface area contributed by atoms with Crippen molar-refractivity contribution in [3.8, 4) is 0 Å². The van der Waals surface area contributed by atoms with Gasteiger partial charge in [0.25, 0.3) is 0 Å². The van der Waals surface area contributed by atoms with Crippen LogP contribution in [0.15, 0.2) is 0 Å². The maximum atomic E-state index is 9.09. The van der Waals surface area contributed by atoms with E-state index in [1.807, 2.05) is 18.3 Å². The van der Waals surface area contributed by atoms with Crippen molar-refractivity contribution in [2.45, 2.75) is 39.5 Å². The molecule has 2 aromatic heterocycles. The molecule has 1 aliphatic carbocycles. The Morgan fingerprint density at radius 1 is 1.22 bits per heavy atom. The van der Waals surface area contributed by atoms with Gasteiger partial charge in [-0.1, -0.05) is 6.92 Å². The lowest BCUT2D eigenvalue weighted by atomic mass is 9.97. The normalized spacial score (nSPS) is 14.4. The molecule has 0 bridgehead atoms. The standard InChI is InChI=1S/C17H26N4OS/c1-3-21(10-11-22)9-8-18-16-15-13-6-4-5-7-14(13)23-17(15)20-12(2)19-16/h22H,3-11H2,1-2H3,(H,18,19,20). The van der Waals surface area contributed by atoms with Gasteiger partial charge in [-0.2, -0.15) is 0 Å². The van der Waals surface area contributed by atoms with Gasteiger partial charge in [0.1, 0.15) is 16.5 Å². The molecule has 23 heavy (non-hydrogen) atoms. The van der Waals surface area contributed by atoms with E-state index in [9.17, 15) is 0 Å². The topological polar surface area (TPSA) is 61.3 Å². The van der Waals surface area contributed by atoms with Crippen LogP contribution < -0.4 is 5.32 Å². The number of aliphatic hydroxyl groups is 1. The third-order valence-corrected chi connectivity index (χ3v) is 5.70. The molecule has 1 aliphatic rings. The first-order valence-corrected chi connectivity index (χ1v) is 9.40. The number of aryl methyl sites for hydroxylation is 3. The molecule has 0 saturated heterocycles. The molecule has 2 aromatic rings. The van der Waals surface area contributed by atoms with Crippen molar-refractivity contribution in [3.63, 3.8) is 0 Å². The molecular formula is C17H26N4OS. The Labute approximate surface area is 141 Å². The number of thiophene rings is 1. The number of hydrogen-bond donors (Lipinski definition) is 2. The molecule has 0 saturated carbocycles. The highest BCUT2D eigenvalue weighted by atomic mass is 32.1. The Bertz CT molecular complexity index is 670. The number of fused-ring (bicyclic) bond motifs is 3. The molecular weight excluding hydrogens is 308 g/mol. The highest BCUT2D eigenvalue weighted by Crippen LogP contribution is 2.38. The number of aliphatic hydroxyl groups excluding tert-OH is 1. The molecule has 2 heterocycles. The van der Waals surface area contributed by atoms with E-state index in [0.29, 0.717) is 0 Å². The van der Waals surface area contributed by atoms with Gasteiger partial charge in [-0.25, -0.2) is 9.97 Å². The van der Waals surface area contributed by atoms with Crippen LogP contribution in [0.3, 0.4) is 0 Å². The van der Waals surface area contributed by atoms with Gasteiger partial charge >= 0.3 is 0 Å². The number of aromatic nitrogens is 2. The summed E-state index contributed by atoms with van der Waals surface area (Å²) in [6.07, 6.45) is 4.91. The third-order valence-electron chi connectivity index (χ3n) is 4.51. The third kappa shape index (κ3) is 3.65. The van der Waals surface area contributed by atoms with Crippen LogP contribution in [-0.4, -0.2) is 52.8 Å². The number of hydrogen-bond acceptors (Lipinski definition) is 6. The fourth-order valence-electron chi connectivity index (χ4n) is 3.29. The van der Waals surface area contributed by atoms with E-state index in [2.05, 4.69) is 27.1 Å². The van der Waals surface area contributed by atoms with Crippen LogP contribution in [0.5, 0.6) is 0 Å². The van der Waals surface area contributed by atoms with Gasteiger partial charge in [-0.15, -0.1) is 11.3 Å². The van der Waals surface area contributed by atoms with Gasteiger partial charge in [0, 0.05) is 24.5 Å². The Kier molecular flexibility index (Phi) is 5.46. The van der Waals surface area contributed by atoms with E-state index in [4.69, 9.17) is 5.11 Å². The zero-order valence-corrected chi connectivity index (χ0v) is 14.9. The second-order valence-corrected chi connectivity index (χ2v) is 7.18. The van der Waals surface area contributed by atoms with Crippen molar-refractivity contribution in [3.05, 3.63) is 16.3 Å². The summed E-state index contributed by atoms with van der Waals surface area (Å²) in [6, 6.07) is 0. The zero-order valence-electron chi connectivity index (χ0n) is 14.1. The van der Waals surface area contributed by atoms with Crippen molar-refractivity contribution in [1.29, 1.82) is 0 Å². The number of rotatable bonds is 7. The predicted molar refractivity (Wildman–Crippen MR) is 96.5 cm³/mol. The largest absolute Gasteiger partial charge is 0.395 e. The van der Waals surface area contributed by atoms with E-state index >= 15 is 0 Å². The van der Waals surface area contributed by atoms with Crippen molar-refractivity contribution in [2.75, 3.05) is 38.1 Å². The predicted octanol–water partition coefficient (Wildman–Crippen LogP) is 2.60. The van der Waals surface area contributed by atoms with Crippen LogP contribution in [-0.2, 0) is 12.8 Å². The Morgan fingerprint density at radius 3 is 2.83 bits per heavy atom. The Balaban J connectivity index is 1.81. The minimum Gasteiger partial charge on any atom is -0.395 e. The van der Waals surface area contributed by atoms with E-state index in [1.54, 1.807) is 0 Å². The first kappa shape index (κ1) is 16.6. The lowest BCUT2D eigenvalue weighted by Gasteiger charge is -2.19. The summed E-state index contributed by atoms with van der Waals surface area (Å²) in [4.78, 5) is 14.2. The average molecular weight is 334 g/mol. The first-order valence-electron chi connectivity index (χ1n) is 8.59. The Hall–Kier alpha value is -1.24. The lowest BCUT2D eigenvalue weighted by molar-refractivity contribution is 0.206. The van der Waals surface area contributed by atoms with Crippen LogP contribution in [0.1, 0.15) is 36.0 Å². The Morgan fingerprint density at radius 2 is 2.04 bits per heavy atom. The maximum absolute atomic E-state index is 9.09. The summed E-state index contributed by atoms with van der Waals surface area (Å²) < 4.78 is 0. The highest BCUT2D eigenvalue weighted by molar-refractivity contribution is 7.19. The fourth-order valence-corrected chi connectivity index (χ4v) is 4.60. The molecule has 0 atom stereocenters. The minimum absolute atomic E-state index is 0.211. The minimum atomic E-state index is 0.211. The summed E-state index contributed by atoms with van der Waals surface area (Å²) in [5.74, 6) is 1.83. The molecule has 0 amide bonds. The average Bonchev–Trinajstić information content (AvgIpc) is 2.91. The van der Waals surface area contributed by atoms with Crippen molar-refractivity contribution >= 4 is 27.4 Å². The molecule has 0 aromatic carbocycles. The quantitative estimate of drug-likeness (QED) is 0.815. The van der Waals surface area contributed by atoms with Gasteiger partial charge < -0.3 is 10.4 Å². The summed E-state index contributed by atoms with van der Waals surface area (Å²) in [7, 11) is 0. The second-order valence-electron chi connectivity index (χ2n) is 6.10. The van der Waals surface area contributed by atoms with E-state index in [1.165, 1.54) is 35.1 Å². The monoisotopic (exact) mass is 334 g/mol. The molecule has 0 radical (unpaired) electrons. The SMILES string of the molecule is CCN(CCO)CCNc1nc(C)nc2sc3c(c12)CCCC3. The lowest BCUT2D eigenvalue weighted by Crippen LogP contribution is -2.31. The molecule has 3 rings (SSSR count). The van der Waals surface area contributed by atoms with Crippen LogP contribution >= 0.6 is 11.3 Å². The van der Waals surface area contributed by atoms with Crippen molar-refractivity contribution < 1.29 is 5.11 Å². The smallest absolute Gasteiger partial charge is 0.138 e. The second kappa shape index (κ2) is 7.55. The first-order chi connectivity index (χ1) is 11.2. The zero-order chi connectivity index (χ0) is 16.2. The molecule has 0 fully saturated rings. The molecule has 6 heteroatoms. The summed E-state index contributed by atoms with van der Waals surface area (Å²) in [6.45, 7) is 7.73. The number of anilines is 1. The van der Waals surface area contributed by atoms with Gasteiger partial charge in [-0.3, -0.25) is 4.90 Å². The van der Waals surface area contributed by atoms with Crippen LogP contribution in [0.2, 0.25) is 0 Å². The van der Waals surface area contributed by atoms with Gasteiger partial charge in [0.15, 0.2) is 0 Å². The molecule has 0 unspecified atom stereocenters. The van der Waals surface area contributed by atoms with E-state index in [-0.39, 0.29) is 6.61 Å². The van der Waals surface area contributed by atoms with Crippen molar-refractivity contribution in [2.24, 2.45) is 0 Å². The maximum Gasteiger partial charge on any atom is 0.138 e.